The average molecular weight is 499 g/mol. The summed E-state index contributed by atoms with van der Waals surface area (Å²) in [6, 6.07) is 6.00. The maximum atomic E-state index is 12.7. The third kappa shape index (κ3) is 7.06. The largest absolute Gasteiger partial charge is 0.466 e. The van der Waals surface area contributed by atoms with E-state index in [0.717, 1.165) is 36.2 Å². The molecule has 0 bridgehead atoms. The van der Waals surface area contributed by atoms with Crippen molar-refractivity contribution in [2.45, 2.75) is 57.9 Å². The highest BCUT2D eigenvalue weighted by molar-refractivity contribution is 5.97. The number of ether oxygens (including phenoxy) is 2. The van der Waals surface area contributed by atoms with Crippen LogP contribution in [0.15, 0.2) is 24.3 Å². The Labute approximate surface area is 210 Å². The van der Waals surface area contributed by atoms with Crippen molar-refractivity contribution >= 4 is 35.3 Å². The van der Waals surface area contributed by atoms with Gasteiger partial charge in [0.25, 0.3) is 5.91 Å². The first kappa shape index (κ1) is 26.7. The quantitative estimate of drug-likeness (QED) is 0.318. The molecule has 0 aliphatic heterocycles. The number of nitrogens with one attached hydrogen (secondary N) is 2. The Morgan fingerprint density at radius 1 is 1.08 bits per heavy atom. The van der Waals surface area contributed by atoms with Crippen LogP contribution >= 0.6 is 0 Å². The average Bonchev–Trinajstić information content (AvgIpc) is 3.25. The van der Waals surface area contributed by atoms with Crippen LogP contribution in [0.4, 0.5) is 17.5 Å². The summed E-state index contributed by atoms with van der Waals surface area (Å²) in [5.74, 6) is -0.513. The molecule has 1 aliphatic carbocycles. The van der Waals surface area contributed by atoms with Gasteiger partial charge in [-0.15, -0.1) is 0 Å². The van der Waals surface area contributed by atoms with Gasteiger partial charge in [-0.1, -0.05) is 0 Å². The van der Waals surface area contributed by atoms with Crippen LogP contribution in [0.3, 0.4) is 0 Å². The van der Waals surface area contributed by atoms with Gasteiger partial charge < -0.3 is 31.6 Å². The molecule has 11 nitrogen and oxygen atoms in total. The Kier molecular flexibility index (Phi) is 9.43. The van der Waals surface area contributed by atoms with Crippen molar-refractivity contribution in [1.82, 2.24) is 15.3 Å². The monoisotopic (exact) mass is 498 g/mol. The van der Waals surface area contributed by atoms with Gasteiger partial charge >= 0.3 is 11.9 Å². The first-order chi connectivity index (χ1) is 17.3. The lowest BCUT2D eigenvalue weighted by Crippen LogP contribution is -2.42. The van der Waals surface area contributed by atoms with Gasteiger partial charge in [-0.2, -0.15) is 4.98 Å². The molecule has 3 rings (SSSR count). The summed E-state index contributed by atoms with van der Waals surface area (Å²) < 4.78 is 9.94. The molecule has 0 spiro atoms. The number of amides is 1. The Hall–Kier alpha value is -3.89. The molecule has 1 unspecified atom stereocenters. The summed E-state index contributed by atoms with van der Waals surface area (Å²) in [5, 5.41) is 6.02. The molecular weight excluding hydrogens is 464 g/mol. The number of hydrogen-bond donors (Lipinski definition) is 4. The summed E-state index contributed by atoms with van der Waals surface area (Å²) >= 11 is 0. The van der Waals surface area contributed by atoms with E-state index < -0.39 is 23.9 Å². The topological polar surface area (TPSA) is 172 Å². The van der Waals surface area contributed by atoms with Gasteiger partial charge in [0.15, 0.2) is 0 Å². The van der Waals surface area contributed by atoms with Gasteiger partial charge in [0.05, 0.1) is 18.9 Å². The number of carbonyl (C=O) groups excluding carboxylic acids is 3. The fourth-order valence-electron chi connectivity index (χ4n) is 4.29. The van der Waals surface area contributed by atoms with E-state index in [4.69, 9.17) is 20.9 Å². The first-order valence-corrected chi connectivity index (χ1v) is 12.2. The lowest BCUT2D eigenvalue weighted by Gasteiger charge is -2.17. The van der Waals surface area contributed by atoms with E-state index >= 15 is 0 Å². The van der Waals surface area contributed by atoms with E-state index in [0.29, 0.717) is 17.9 Å². The number of nitrogens with two attached hydrogens (primary N) is 2. The molecule has 0 saturated carbocycles. The molecule has 36 heavy (non-hydrogen) atoms. The van der Waals surface area contributed by atoms with E-state index in [1.54, 1.807) is 38.1 Å². The second kappa shape index (κ2) is 12.7. The molecule has 6 N–H and O–H groups in total. The highest BCUT2D eigenvalue weighted by Gasteiger charge is 2.27. The minimum atomic E-state index is -0.944. The third-order valence-electron chi connectivity index (χ3n) is 6.00. The van der Waals surface area contributed by atoms with Gasteiger partial charge in [-0.05, 0) is 69.7 Å². The lowest BCUT2D eigenvalue weighted by molar-refractivity contribution is -0.146. The van der Waals surface area contributed by atoms with Crippen molar-refractivity contribution in [1.29, 1.82) is 0 Å². The zero-order valence-corrected chi connectivity index (χ0v) is 20.7. The smallest absolute Gasteiger partial charge is 0.328 e. The van der Waals surface area contributed by atoms with Crippen LogP contribution in [0.2, 0.25) is 0 Å². The van der Waals surface area contributed by atoms with Gasteiger partial charge in [0.2, 0.25) is 5.95 Å². The minimum Gasteiger partial charge on any atom is -0.466 e. The molecule has 1 heterocycles. The number of anilines is 3. The predicted molar refractivity (Wildman–Crippen MR) is 135 cm³/mol. The minimum absolute atomic E-state index is 0.00289. The van der Waals surface area contributed by atoms with Crippen LogP contribution in [0, 0.1) is 0 Å². The van der Waals surface area contributed by atoms with Crippen LogP contribution in [0.1, 0.15) is 67.1 Å². The Morgan fingerprint density at radius 2 is 1.81 bits per heavy atom. The number of nitrogen functional groups attached to an aromatic ring is 2. The van der Waals surface area contributed by atoms with Crippen LogP contribution in [-0.2, 0) is 25.5 Å². The molecule has 0 fully saturated rings. The summed E-state index contributed by atoms with van der Waals surface area (Å²) in [7, 11) is 0. The fraction of sp³-hybridized carbons (Fsp3) is 0.480. The second-order valence-corrected chi connectivity index (χ2v) is 8.48. The van der Waals surface area contributed by atoms with Crippen LogP contribution < -0.4 is 22.1 Å². The van der Waals surface area contributed by atoms with Gasteiger partial charge in [-0.25, -0.2) is 9.78 Å². The molecule has 1 aromatic heterocycles. The van der Waals surface area contributed by atoms with Crippen LogP contribution in [0.5, 0.6) is 0 Å². The van der Waals surface area contributed by atoms with E-state index in [1.807, 2.05) is 0 Å². The maximum absolute atomic E-state index is 12.7. The van der Waals surface area contributed by atoms with Crippen molar-refractivity contribution in [2.75, 3.05) is 36.5 Å². The summed E-state index contributed by atoms with van der Waals surface area (Å²) in [6.45, 7) is 4.51. The summed E-state index contributed by atoms with van der Waals surface area (Å²) in [6.07, 6.45) is 2.74. The number of rotatable bonds is 12. The number of carbonyl (C=O) groups is 3. The van der Waals surface area contributed by atoms with Crippen molar-refractivity contribution in [3.63, 3.8) is 0 Å². The molecule has 1 amide bonds. The van der Waals surface area contributed by atoms with Crippen molar-refractivity contribution in [3.8, 4) is 0 Å². The van der Waals surface area contributed by atoms with Crippen LogP contribution in [0.25, 0.3) is 0 Å². The number of hydrogen-bond acceptors (Lipinski definition) is 10. The molecule has 0 saturated heterocycles. The lowest BCUT2D eigenvalue weighted by atomic mass is 9.99. The number of nitrogens with zero attached hydrogens (tertiary/aromatic N) is 2. The highest BCUT2D eigenvalue weighted by Crippen LogP contribution is 2.37. The Balaban J connectivity index is 1.52. The molecular formula is C25H34N6O5. The molecule has 2 atom stereocenters. The number of benzene rings is 1. The zero-order valence-electron chi connectivity index (χ0n) is 20.7. The van der Waals surface area contributed by atoms with Crippen molar-refractivity contribution in [2.24, 2.45) is 0 Å². The molecule has 2 aromatic rings. The molecule has 0 radical (unpaired) electrons. The van der Waals surface area contributed by atoms with E-state index in [2.05, 4.69) is 20.6 Å². The first-order valence-electron chi connectivity index (χ1n) is 12.2. The Bertz CT molecular complexity index is 1080. The van der Waals surface area contributed by atoms with E-state index in [9.17, 15) is 14.4 Å². The Morgan fingerprint density at radius 3 is 2.50 bits per heavy atom. The van der Waals surface area contributed by atoms with Crippen LogP contribution in [-0.4, -0.2) is 53.6 Å². The van der Waals surface area contributed by atoms with Crippen molar-refractivity contribution in [3.05, 3.63) is 41.1 Å². The zero-order chi connectivity index (χ0) is 26.1. The van der Waals surface area contributed by atoms with Crippen molar-refractivity contribution < 1.29 is 23.9 Å². The summed E-state index contributed by atoms with van der Waals surface area (Å²) in [5.41, 5.74) is 14.9. The van der Waals surface area contributed by atoms with Gasteiger partial charge in [-0.3, -0.25) is 9.59 Å². The maximum Gasteiger partial charge on any atom is 0.328 e. The molecule has 1 aromatic carbocycles. The van der Waals surface area contributed by atoms with Gasteiger partial charge in [0.1, 0.15) is 11.9 Å². The molecule has 194 valence electrons. The number of fused-ring (bicyclic) bond motifs is 1. The highest BCUT2D eigenvalue weighted by atomic mass is 16.5. The fourth-order valence-corrected chi connectivity index (χ4v) is 4.29. The standard InChI is InChI=1S/C25H34N6O5/c1-3-35-20(32)12-11-19(24(34)36-4-2)29-23(33)16-5-8-17(9-6-16)28-14-13-15-7-10-18-21(15)22(26)31-25(27)30-18/h5-6,8-9,15,19,28H,3-4,7,10-14H2,1-2H3,(H,29,33)(H4,26,27,30,31)/t15?,19-/m0/s1. The SMILES string of the molecule is CCOC(=O)CC[C@H](NC(=O)c1ccc(NCCC2CCc3nc(N)nc(N)c32)cc1)C(=O)OCC. The van der Waals surface area contributed by atoms with E-state index in [1.165, 1.54) is 0 Å². The summed E-state index contributed by atoms with van der Waals surface area (Å²) in [4.78, 5) is 45.0. The van der Waals surface area contributed by atoms with Gasteiger partial charge in [0, 0.05) is 29.8 Å². The van der Waals surface area contributed by atoms with E-state index in [-0.39, 0.29) is 37.9 Å². The third-order valence-corrected chi connectivity index (χ3v) is 6.00. The predicted octanol–water partition coefficient (Wildman–Crippen LogP) is 2.18. The molecule has 11 heteroatoms. The molecule has 1 aliphatic rings. The second-order valence-electron chi connectivity index (χ2n) is 8.48. The number of aryl methyl sites for hydroxylation is 1. The normalized spacial score (nSPS) is 15.0. The number of aromatic nitrogens is 2. The number of esters is 2.